The van der Waals surface area contributed by atoms with Gasteiger partial charge in [-0.05, 0) is 49.5 Å². The normalized spacial score (nSPS) is 45.0. The highest BCUT2D eigenvalue weighted by Crippen LogP contribution is 2.58. The zero-order valence-electron chi connectivity index (χ0n) is 22.0. The summed E-state index contributed by atoms with van der Waals surface area (Å²) in [5, 5.41) is 11.1. The van der Waals surface area contributed by atoms with Crippen LogP contribution >= 0.6 is 0 Å². The van der Waals surface area contributed by atoms with Crippen molar-refractivity contribution in [2.75, 3.05) is 6.61 Å². The van der Waals surface area contributed by atoms with E-state index in [1.165, 1.54) is 6.92 Å². The first kappa shape index (κ1) is 26.6. The Hall–Kier alpha value is -1.44. The molecule has 198 valence electrons. The number of fused-ring (bicyclic) bond motifs is 2. The smallest absolute Gasteiger partial charge is 0.306 e. The van der Waals surface area contributed by atoms with Gasteiger partial charge in [0, 0.05) is 31.6 Å². The Kier molecular flexibility index (Phi) is 7.99. The van der Waals surface area contributed by atoms with Crippen LogP contribution in [0.1, 0.15) is 79.6 Å². The molecule has 1 N–H and O–H groups in total. The van der Waals surface area contributed by atoms with Gasteiger partial charge >= 0.3 is 11.9 Å². The monoisotopic (exact) mass is 492 g/mol. The van der Waals surface area contributed by atoms with Crippen LogP contribution in [0, 0.1) is 29.6 Å². The maximum atomic E-state index is 12.8. The molecule has 0 aromatic rings. The van der Waals surface area contributed by atoms with E-state index in [0.29, 0.717) is 30.9 Å². The van der Waals surface area contributed by atoms with E-state index >= 15 is 0 Å². The van der Waals surface area contributed by atoms with E-state index in [2.05, 4.69) is 27.4 Å². The second-order valence-corrected chi connectivity index (χ2v) is 11.7. The largest absolute Gasteiger partial charge is 0.462 e. The van der Waals surface area contributed by atoms with E-state index in [4.69, 9.17) is 18.9 Å². The van der Waals surface area contributed by atoms with E-state index in [1.807, 2.05) is 6.92 Å². The Morgan fingerprint density at radius 1 is 1.14 bits per heavy atom. The van der Waals surface area contributed by atoms with Gasteiger partial charge in [0.2, 0.25) is 0 Å². The van der Waals surface area contributed by atoms with Crippen LogP contribution in [0.15, 0.2) is 12.2 Å². The van der Waals surface area contributed by atoms with Crippen molar-refractivity contribution in [1.29, 1.82) is 0 Å². The summed E-state index contributed by atoms with van der Waals surface area (Å²) in [6, 6.07) is 0. The Labute approximate surface area is 209 Å². The SMILES string of the molecule is C=C1C[C@@H]2O[C@H]3[C@H]4C(C[C@@H](C)[C@@H](OC(C)=O)[C@H]42)[C@@H](C)CO[C@@]3(C)[C@H](OC(=O)CCCCC)C[C@H]1O. The van der Waals surface area contributed by atoms with Crippen molar-refractivity contribution in [2.45, 2.75) is 116 Å². The molecule has 3 saturated heterocycles. The van der Waals surface area contributed by atoms with Crippen LogP contribution in [0.4, 0.5) is 0 Å². The minimum absolute atomic E-state index is 0.0240. The number of hydrogen-bond acceptors (Lipinski definition) is 7. The van der Waals surface area contributed by atoms with E-state index < -0.39 is 17.8 Å². The van der Waals surface area contributed by atoms with Crippen molar-refractivity contribution in [3.63, 3.8) is 0 Å². The van der Waals surface area contributed by atoms with Gasteiger partial charge in [-0.1, -0.05) is 40.2 Å². The molecule has 0 spiro atoms. The van der Waals surface area contributed by atoms with Crippen molar-refractivity contribution < 1.29 is 33.6 Å². The number of hydrogen-bond donors (Lipinski definition) is 1. The quantitative estimate of drug-likeness (QED) is 0.337. The number of aliphatic hydroxyl groups excluding tert-OH is 1. The second kappa shape index (κ2) is 10.5. The topological polar surface area (TPSA) is 91.3 Å². The lowest BCUT2D eigenvalue weighted by molar-refractivity contribution is -0.205. The molecule has 1 saturated carbocycles. The summed E-state index contributed by atoms with van der Waals surface area (Å²) in [5.74, 6) is 0.349. The molecule has 4 fully saturated rings. The van der Waals surface area contributed by atoms with Gasteiger partial charge in [-0.3, -0.25) is 9.59 Å². The molecule has 4 rings (SSSR count). The number of unbranched alkanes of at least 4 members (excludes halogenated alkanes) is 2. The van der Waals surface area contributed by atoms with Gasteiger partial charge < -0.3 is 24.1 Å². The summed E-state index contributed by atoms with van der Waals surface area (Å²) in [6.45, 7) is 14.6. The molecule has 4 aliphatic rings. The summed E-state index contributed by atoms with van der Waals surface area (Å²) in [5.41, 5.74) is -0.261. The minimum atomic E-state index is -0.923. The maximum absolute atomic E-state index is 12.8. The first-order valence-corrected chi connectivity index (χ1v) is 13.6. The van der Waals surface area contributed by atoms with Gasteiger partial charge in [0.1, 0.15) is 17.8 Å². The average Bonchev–Trinajstić information content (AvgIpc) is 3.14. The van der Waals surface area contributed by atoms with Crippen molar-refractivity contribution >= 4 is 11.9 Å². The van der Waals surface area contributed by atoms with Gasteiger partial charge in [-0.15, -0.1) is 0 Å². The molecule has 0 aromatic carbocycles. The number of carbonyl (C=O) groups is 2. The van der Waals surface area contributed by atoms with Crippen LogP contribution in [-0.2, 0) is 28.5 Å². The molecule has 3 heterocycles. The van der Waals surface area contributed by atoms with Gasteiger partial charge in [-0.25, -0.2) is 0 Å². The third-order valence-electron chi connectivity index (χ3n) is 9.15. The lowest BCUT2D eigenvalue weighted by atomic mass is 9.59. The number of aliphatic hydroxyl groups is 1. The maximum Gasteiger partial charge on any atom is 0.306 e. The molecular formula is C28H44O7. The fourth-order valence-corrected chi connectivity index (χ4v) is 7.25. The lowest BCUT2D eigenvalue weighted by Crippen LogP contribution is -2.58. The highest BCUT2D eigenvalue weighted by molar-refractivity contribution is 5.69. The molecule has 1 unspecified atom stereocenters. The van der Waals surface area contributed by atoms with Crippen LogP contribution in [0.2, 0.25) is 0 Å². The first-order chi connectivity index (χ1) is 16.6. The Bertz CT molecular complexity index is 811. The third-order valence-corrected chi connectivity index (χ3v) is 9.15. The molecule has 35 heavy (non-hydrogen) atoms. The molecule has 1 aliphatic carbocycles. The Balaban J connectivity index is 1.73. The molecule has 0 amide bonds. The zero-order valence-corrected chi connectivity index (χ0v) is 22.0. The zero-order chi connectivity index (χ0) is 25.5. The van der Waals surface area contributed by atoms with Crippen LogP contribution in [0.3, 0.4) is 0 Å². The van der Waals surface area contributed by atoms with E-state index in [-0.39, 0.29) is 60.3 Å². The van der Waals surface area contributed by atoms with Gasteiger partial charge in [-0.2, -0.15) is 0 Å². The molecule has 3 aliphatic heterocycles. The summed E-state index contributed by atoms with van der Waals surface area (Å²) in [7, 11) is 0. The molecule has 2 bridgehead atoms. The summed E-state index contributed by atoms with van der Waals surface area (Å²) < 4.78 is 25.4. The third kappa shape index (κ3) is 5.05. The van der Waals surface area contributed by atoms with Gasteiger partial charge in [0.25, 0.3) is 0 Å². The first-order valence-electron chi connectivity index (χ1n) is 13.6. The molecule has 0 aromatic heterocycles. The number of ether oxygens (including phenoxy) is 4. The Morgan fingerprint density at radius 3 is 2.57 bits per heavy atom. The van der Waals surface area contributed by atoms with Gasteiger partial charge in [0.15, 0.2) is 0 Å². The number of carbonyl (C=O) groups excluding carboxylic acids is 2. The summed E-state index contributed by atoms with van der Waals surface area (Å²) >= 11 is 0. The highest BCUT2D eigenvalue weighted by atomic mass is 16.6. The average molecular weight is 493 g/mol. The molecule has 0 radical (unpaired) electrons. The van der Waals surface area contributed by atoms with Crippen molar-refractivity contribution in [2.24, 2.45) is 29.6 Å². The summed E-state index contributed by atoms with van der Waals surface area (Å²) in [4.78, 5) is 24.9. The summed E-state index contributed by atoms with van der Waals surface area (Å²) in [6.07, 6.45) is 2.44. The van der Waals surface area contributed by atoms with E-state index in [0.717, 1.165) is 25.7 Å². The Morgan fingerprint density at radius 2 is 1.89 bits per heavy atom. The minimum Gasteiger partial charge on any atom is -0.462 e. The number of rotatable bonds is 6. The second-order valence-electron chi connectivity index (χ2n) is 11.7. The molecule has 7 heteroatoms. The number of esters is 2. The van der Waals surface area contributed by atoms with Gasteiger partial charge in [0.05, 0.1) is 24.9 Å². The lowest BCUT2D eigenvalue weighted by Gasteiger charge is -2.47. The standard InChI is InChI=1S/C28H44O7/c1-7-8-9-10-23(31)35-22-13-20(30)15(2)12-21-25-24-19(11-16(3)26(25)33-18(5)29)17(4)14-32-28(22,6)27(24)34-21/h16-17,19-22,24-27,30H,2,7-14H2,1,3-6H3/t16-,17+,19?,20-,21+,22-,24+,25+,26-,27+,28+/m1/s1. The predicted molar refractivity (Wildman–Crippen MR) is 130 cm³/mol. The highest BCUT2D eigenvalue weighted by Gasteiger charge is 2.65. The molecule has 7 nitrogen and oxygen atoms in total. The van der Waals surface area contributed by atoms with E-state index in [1.54, 1.807) is 0 Å². The van der Waals surface area contributed by atoms with Crippen LogP contribution in [0.5, 0.6) is 0 Å². The fraction of sp³-hybridized carbons (Fsp3) is 0.857. The van der Waals surface area contributed by atoms with Crippen molar-refractivity contribution in [3.05, 3.63) is 12.2 Å². The van der Waals surface area contributed by atoms with Crippen molar-refractivity contribution in [1.82, 2.24) is 0 Å². The molecule has 11 atom stereocenters. The van der Waals surface area contributed by atoms with E-state index in [9.17, 15) is 14.7 Å². The van der Waals surface area contributed by atoms with Crippen LogP contribution < -0.4 is 0 Å². The predicted octanol–water partition coefficient (Wildman–Crippen LogP) is 4.20. The van der Waals surface area contributed by atoms with Crippen LogP contribution in [0.25, 0.3) is 0 Å². The fourth-order valence-electron chi connectivity index (χ4n) is 7.25. The molecular weight excluding hydrogens is 448 g/mol. The van der Waals surface area contributed by atoms with Crippen molar-refractivity contribution in [3.8, 4) is 0 Å². The van der Waals surface area contributed by atoms with Crippen LogP contribution in [-0.4, -0.2) is 59.8 Å².